The minimum absolute atomic E-state index is 0.0589. The summed E-state index contributed by atoms with van der Waals surface area (Å²) in [6.07, 6.45) is 1.58. The van der Waals surface area contributed by atoms with Crippen LogP contribution in [0.5, 0.6) is 0 Å². The molecule has 0 saturated heterocycles. The van der Waals surface area contributed by atoms with E-state index < -0.39 is 0 Å². The second kappa shape index (κ2) is 10.9. The van der Waals surface area contributed by atoms with E-state index in [0.717, 1.165) is 11.1 Å². The fourth-order valence-electron chi connectivity index (χ4n) is 3.23. The van der Waals surface area contributed by atoms with Gasteiger partial charge in [0.25, 0.3) is 0 Å². The van der Waals surface area contributed by atoms with E-state index in [1.54, 1.807) is 29.4 Å². The van der Waals surface area contributed by atoms with Gasteiger partial charge in [0.05, 0.1) is 12.8 Å². The number of urea groups is 1. The Bertz CT molecular complexity index is 1040. The van der Waals surface area contributed by atoms with Crippen LogP contribution in [-0.2, 0) is 17.9 Å². The second-order valence-electron chi connectivity index (χ2n) is 7.93. The fraction of sp³-hybridized carbons (Fsp3) is 0.280. The van der Waals surface area contributed by atoms with Crippen molar-refractivity contribution in [1.29, 1.82) is 0 Å². The van der Waals surface area contributed by atoms with Gasteiger partial charge in [-0.25, -0.2) is 4.79 Å². The van der Waals surface area contributed by atoms with Gasteiger partial charge in [0.1, 0.15) is 12.3 Å². The summed E-state index contributed by atoms with van der Waals surface area (Å²) in [5.41, 5.74) is 2.51. The number of hydrogen-bond donors (Lipinski definition) is 1. The number of nitrogens with zero attached hydrogens (tertiary/aromatic N) is 2. The van der Waals surface area contributed by atoms with Crippen LogP contribution in [0.2, 0.25) is 5.02 Å². The van der Waals surface area contributed by atoms with Crippen LogP contribution in [0, 0.1) is 6.92 Å². The maximum atomic E-state index is 13.3. The van der Waals surface area contributed by atoms with Gasteiger partial charge in [0, 0.05) is 23.3 Å². The van der Waals surface area contributed by atoms with Gasteiger partial charge in [0.15, 0.2) is 0 Å². The van der Waals surface area contributed by atoms with E-state index in [1.807, 2.05) is 63.2 Å². The first-order chi connectivity index (χ1) is 15.3. The van der Waals surface area contributed by atoms with Gasteiger partial charge in [-0.1, -0.05) is 48.0 Å². The Morgan fingerprint density at radius 2 is 1.78 bits per heavy atom. The van der Waals surface area contributed by atoms with Crippen molar-refractivity contribution < 1.29 is 14.0 Å². The van der Waals surface area contributed by atoms with Crippen molar-refractivity contribution in [2.24, 2.45) is 0 Å². The van der Waals surface area contributed by atoms with E-state index in [0.29, 0.717) is 29.6 Å². The number of halogens is 1. The molecule has 3 rings (SSSR count). The van der Waals surface area contributed by atoms with Gasteiger partial charge in [-0.05, 0) is 56.2 Å². The van der Waals surface area contributed by atoms with Crippen LogP contribution >= 0.6 is 11.6 Å². The summed E-state index contributed by atoms with van der Waals surface area (Å²) < 4.78 is 5.45. The summed E-state index contributed by atoms with van der Waals surface area (Å²) in [5.74, 6) is 0.514. The lowest BCUT2D eigenvalue weighted by Gasteiger charge is -2.30. The number of benzene rings is 2. The van der Waals surface area contributed by atoms with E-state index in [9.17, 15) is 9.59 Å². The molecule has 0 aliphatic carbocycles. The normalized spacial score (nSPS) is 10.8. The van der Waals surface area contributed by atoms with Crippen LogP contribution in [0.1, 0.15) is 30.7 Å². The van der Waals surface area contributed by atoms with Crippen LogP contribution in [0.3, 0.4) is 0 Å². The quantitative estimate of drug-likeness (QED) is 0.474. The maximum Gasteiger partial charge on any atom is 0.322 e. The van der Waals surface area contributed by atoms with E-state index >= 15 is 0 Å². The number of aryl methyl sites for hydroxylation is 1. The lowest BCUT2D eigenvalue weighted by atomic mass is 10.2. The van der Waals surface area contributed by atoms with Crippen molar-refractivity contribution in [1.82, 2.24) is 9.80 Å². The summed E-state index contributed by atoms with van der Waals surface area (Å²) in [5, 5.41) is 3.42. The Labute approximate surface area is 193 Å². The molecule has 168 valence electrons. The molecule has 32 heavy (non-hydrogen) atoms. The molecule has 0 saturated carbocycles. The highest BCUT2D eigenvalue weighted by Gasteiger charge is 2.24. The maximum absolute atomic E-state index is 13.3. The van der Waals surface area contributed by atoms with Gasteiger partial charge in [-0.2, -0.15) is 0 Å². The molecule has 0 atom stereocenters. The van der Waals surface area contributed by atoms with Crippen molar-refractivity contribution in [2.75, 3.05) is 11.9 Å². The molecular weight excluding hydrogens is 426 g/mol. The number of furan rings is 1. The van der Waals surface area contributed by atoms with Crippen LogP contribution in [0.15, 0.2) is 71.3 Å². The predicted molar refractivity (Wildman–Crippen MR) is 126 cm³/mol. The Kier molecular flexibility index (Phi) is 7.95. The average molecular weight is 454 g/mol. The standard InChI is InChI=1S/C25H28ClN3O3/c1-18(2)29(25(31)27-21-12-11-19(3)23(26)14-21)17-24(30)28(16-22-10-7-13-32-22)15-20-8-5-4-6-9-20/h4-14,18H,15-17H2,1-3H3,(H,27,31). The molecule has 1 N–H and O–H groups in total. The molecule has 2 aromatic carbocycles. The molecule has 0 unspecified atom stereocenters. The third-order valence-corrected chi connectivity index (χ3v) is 5.52. The van der Waals surface area contributed by atoms with Crippen molar-refractivity contribution in [3.05, 3.63) is 88.8 Å². The molecular formula is C25H28ClN3O3. The molecule has 7 heteroatoms. The smallest absolute Gasteiger partial charge is 0.322 e. The lowest BCUT2D eigenvalue weighted by molar-refractivity contribution is -0.133. The molecule has 6 nitrogen and oxygen atoms in total. The molecule has 0 fully saturated rings. The summed E-state index contributed by atoms with van der Waals surface area (Å²) in [6.45, 7) is 6.33. The SMILES string of the molecule is Cc1ccc(NC(=O)N(CC(=O)N(Cc2ccccc2)Cc2ccco2)C(C)C)cc1Cl. The molecule has 1 heterocycles. The van der Waals surface area contributed by atoms with Gasteiger partial charge >= 0.3 is 6.03 Å². The van der Waals surface area contributed by atoms with E-state index in [-0.39, 0.29) is 24.5 Å². The van der Waals surface area contributed by atoms with Gasteiger partial charge in [-0.3, -0.25) is 4.79 Å². The second-order valence-corrected chi connectivity index (χ2v) is 8.34. The number of amides is 3. The molecule has 0 spiro atoms. The van der Waals surface area contributed by atoms with E-state index in [1.165, 1.54) is 4.90 Å². The zero-order chi connectivity index (χ0) is 23.1. The highest BCUT2D eigenvalue weighted by Crippen LogP contribution is 2.21. The van der Waals surface area contributed by atoms with Crippen LogP contribution in [0.25, 0.3) is 0 Å². The Morgan fingerprint density at radius 3 is 2.41 bits per heavy atom. The van der Waals surface area contributed by atoms with E-state index in [2.05, 4.69) is 5.32 Å². The molecule has 3 amide bonds. The van der Waals surface area contributed by atoms with E-state index in [4.69, 9.17) is 16.0 Å². The predicted octanol–water partition coefficient (Wildman–Crippen LogP) is 5.71. The van der Waals surface area contributed by atoms with Crippen molar-refractivity contribution in [3.8, 4) is 0 Å². The minimum atomic E-state index is -0.356. The van der Waals surface area contributed by atoms with Crippen molar-refractivity contribution >= 4 is 29.2 Å². The first-order valence-electron chi connectivity index (χ1n) is 10.5. The molecule has 0 aliphatic heterocycles. The first-order valence-corrected chi connectivity index (χ1v) is 10.9. The van der Waals surface area contributed by atoms with Crippen LogP contribution < -0.4 is 5.32 Å². The monoisotopic (exact) mass is 453 g/mol. The third-order valence-electron chi connectivity index (χ3n) is 5.11. The number of carbonyl (C=O) groups is 2. The largest absolute Gasteiger partial charge is 0.467 e. The first kappa shape index (κ1) is 23.4. The minimum Gasteiger partial charge on any atom is -0.467 e. The zero-order valence-electron chi connectivity index (χ0n) is 18.5. The Balaban J connectivity index is 1.74. The zero-order valence-corrected chi connectivity index (χ0v) is 19.3. The van der Waals surface area contributed by atoms with Gasteiger partial charge < -0.3 is 19.5 Å². The van der Waals surface area contributed by atoms with Crippen molar-refractivity contribution in [2.45, 2.75) is 39.9 Å². The van der Waals surface area contributed by atoms with Crippen LogP contribution in [-0.4, -0.2) is 34.3 Å². The van der Waals surface area contributed by atoms with Gasteiger partial charge in [0.2, 0.25) is 5.91 Å². The molecule has 0 aliphatic rings. The number of hydrogen-bond acceptors (Lipinski definition) is 3. The molecule has 0 radical (unpaired) electrons. The third kappa shape index (κ3) is 6.37. The fourth-order valence-corrected chi connectivity index (χ4v) is 3.41. The Hall–Kier alpha value is -3.25. The summed E-state index contributed by atoms with van der Waals surface area (Å²) >= 11 is 6.18. The average Bonchev–Trinajstić information content (AvgIpc) is 3.27. The summed E-state index contributed by atoms with van der Waals surface area (Å²) in [7, 11) is 0. The highest BCUT2D eigenvalue weighted by atomic mass is 35.5. The topological polar surface area (TPSA) is 65.8 Å². The number of anilines is 1. The highest BCUT2D eigenvalue weighted by molar-refractivity contribution is 6.31. The lowest BCUT2D eigenvalue weighted by Crippen LogP contribution is -2.47. The molecule has 0 bridgehead atoms. The molecule has 1 aromatic heterocycles. The summed E-state index contributed by atoms with van der Waals surface area (Å²) in [6, 6.07) is 18.2. The number of carbonyl (C=O) groups excluding carboxylic acids is 2. The molecule has 3 aromatic rings. The number of nitrogens with one attached hydrogen (secondary N) is 1. The van der Waals surface area contributed by atoms with Crippen LogP contribution in [0.4, 0.5) is 10.5 Å². The summed E-state index contributed by atoms with van der Waals surface area (Å²) in [4.78, 5) is 29.5. The van der Waals surface area contributed by atoms with Gasteiger partial charge in [-0.15, -0.1) is 0 Å². The number of rotatable bonds is 8. The van der Waals surface area contributed by atoms with Crippen molar-refractivity contribution in [3.63, 3.8) is 0 Å². The Morgan fingerprint density at radius 1 is 1.03 bits per heavy atom.